The van der Waals surface area contributed by atoms with Crippen LogP contribution in [-0.2, 0) is 14.3 Å². The molecule has 8 nitrogen and oxygen atoms in total. The van der Waals surface area contributed by atoms with E-state index in [-0.39, 0.29) is 11.4 Å². The minimum atomic E-state index is -0.506. The molecule has 0 radical (unpaired) electrons. The van der Waals surface area contributed by atoms with Crippen molar-refractivity contribution in [3.05, 3.63) is 52.6 Å². The summed E-state index contributed by atoms with van der Waals surface area (Å²) in [5.41, 5.74) is 1.62. The van der Waals surface area contributed by atoms with Gasteiger partial charge in [0.25, 0.3) is 11.1 Å². The number of anilines is 2. The molecule has 2 aliphatic rings. The molecule has 0 spiro atoms. The van der Waals surface area contributed by atoms with Gasteiger partial charge in [0, 0.05) is 30.9 Å². The number of furan rings is 1. The normalized spacial score (nSPS) is 18.4. The van der Waals surface area contributed by atoms with Crippen LogP contribution >= 0.6 is 11.8 Å². The highest BCUT2D eigenvalue weighted by atomic mass is 32.2. The molecule has 4 rings (SSSR count). The van der Waals surface area contributed by atoms with Crippen LogP contribution in [0.3, 0.4) is 0 Å². The number of imide groups is 1. The number of thioether (sulfide) groups is 1. The third-order valence-corrected chi connectivity index (χ3v) is 5.59. The number of ether oxygens (including phenoxy) is 1. The monoisotopic (exact) mass is 427 g/mol. The van der Waals surface area contributed by atoms with E-state index in [1.807, 2.05) is 31.2 Å². The summed E-state index contributed by atoms with van der Waals surface area (Å²) < 4.78 is 11.1. The molecular formula is C21H21N3O5S. The van der Waals surface area contributed by atoms with Crippen molar-refractivity contribution in [2.75, 3.05) is 43.1 Å². The number of nitrogens with zero attached hydrogens (tertiary/aromatic N) is 2. The molecule has 0 atom stereocenters. The number of hydrogen-bond acceptors (Lipinski definition) is 7. The molecule has 1 aromatic carbocycles. The second kappa shape index (κ2) is 8.76. The molecule has 0 bridgehead atoms. The average Bonchev–Trinajstić information content (AvgIpc) is 3.29. The van der Waals surface area contributed by atoms with Crippen LogP contribution < -0.4 is 10.2 Å². The van der Waals surface area contributed by atoms with E-state index in [1.54, 1.807) is 12.1 Å². The maximum atomic E-state index is 12.6. The lowest BCUT2D eigenvalue weighted by molar-refractivity contribution is -0.127. The number of morpholine rings is 1. The fourth-order valence-corrected chi connectivity index (χ4v) is 4.02. The minimum Gasteiger partial charge on any atom is -0.441 e. The van der Waals surface area contributed by atoms with Crippen LogP contribution in [0.25, 0.3) is 6.08 Å². The lowest BCUT2D eigenvalue weighted by atomic mass is 10.2. The highest BCUT2D eigenvalue weighted by Crippen LogP contribution is 2.33. The number of aryl methyl sites for hydroxylation is 1. The van der Waals surface area contributed by atoms with Gasteiger partial charge in [0.15, 0.2) is 5.88 Å². The first kappa shape index (κ1) is 20.2. The second-order valence-electron chi connectivity index (χ2n) is 6.96. The quantitative estimate of drug-likeness (QED) is 0.733. The van der Waals surface area contributed by atoms with Crippen LogP contribution in [0.5, 0.6) is 0 Å². The summed E-state index contributed by atoms with van der Waals surface area (Å²) in [5.74, 6) is 0.234. The smallest absolute Gasteiger partial charge is 0.294 e. The van der Waals surface area contributed by atoms with Gasteiger partial charge in [-0.25, -0.2) is 0 Å². The van der Waals surface area contributed by atoms with Crippen molar-refractivity contribution in [2.24, 2.45) is 0 Å². The Morgan fingerprint density at radius 3 is 2.77 bits per heavy atom. The van der Waals surface area contributed by atoms with Gasteiger partial charge in [0.1, 0.15) is 12.3 Å². The van der Waals surface area contributed by atoms with Crippen LogP contribution in [-0.4, -0.2) is 54.8 Å². The van der Waals surface area contributed by atoms with Gasteiger partial charge in [-0.2, -0.15) is 0 Å². The van der Waals surface area contributed by atoms with E-state index < -0.39 is 17.1 Å². The van der Waals surface area contributed by atoms with Crippen LogP contribution in [0.2, 0.25) is 0 Å². The van der Waals surface area contributed by atoms with Gasteiger partial charge < -0.3 is 19.4 Å². The van der Waals surface area contributed by atoms with Gasteiger partial charge in [-0.15, -0.1) is 0 Å². The first-order valence-corrected chi connectivity index (χ1v) is 10.4. The van der Waals surface area contributed by atoms with Crippen molar-refractivity contribution in [3.8, 4) is 0 Å². The zero-order valence-electron chi connectivity index (χ0n) is 16.4. The first-order valence-electron chi connectivity index (χ1n) is 9.54. The fourth-order valence-electron chi connectivity index (χ4n) is 3.21. The zero-order chi connectivity index (χ0) is 21.1. The Kier molecular flexibility index (Phi) is 5.91. The highest BCUT2D eigenvalue weighted by molar-refractivity contribution is 8.18. The van der Waals surface area contributed by atoms with Gasteiger partial charge in [-0.05, 0) is 42.4 Å². The second-order valence-corrected chi connectivity index (χ2v) is 7.95. The molecule has 1 N–H and O–H groups in total. The molecule has 30 heavy (non-hydrogen) atoms. The number of amides is 3. The Hall–Kier alpha value is -3.04. The molecule has 0 unspecified atom stereocenters. The maximum Gasteiger partial charge on any atom is 0.294 e. The summed E-state index contributed by atoms with van der Waals surface area (Å²) in [6.45, 7) is 4.32. The van der Waals surface area contributed by atoms with Crippen molar-refractivity contribution in [1.82, 2.24) is 4.90 Å². The summed E-state index contributed by atoms with van der Waals surface area (Å²) in [4.78, 5) is 40.4. The number of carbonyl (C=O) groups excluding carboxylic acids is 3. The summed E-state index contributed by atoms with van der Waals surface area (Å²) in [5, 5.41) is 2.23. The van der Waals surface area contributed by atoms with Gasteiger partial charge in [0.05, 0.1) is 18.1 Å². The Bertz CT molecular complexity index is 1010. The summed E-state index contributed by atoms with van der Waals surface area (Å²) in [6.07, 6.45) is 1.54. The molecule has 1 aromatic heterocycles. The molecule has 3 amide bonds. The Morgan fingerprint density at radius 2 is 2.00 bits per heavy atom. The molecule has 2 saturated heterocycles. The van der Waals surface area contributed by atoms with Crippen LogP contribution in [0, 0.1) is 6.92 Å². The maximum absolute atomic E-state index is 12.6. The summed E-state index contributed by atoms with van der Waals surface area (Å²) in [6, 6.07) is 10.9. The Labute approximate surface area is 177 Å². The van der Waals surface area contributed by atoms with Crippen LogP contribution in [0.4, 0.5) is 16.4 Å². The van der Waals surface area contributed by atoms with Crippen molar-refractivity contribution in [2.45, 2.75) is 6.92 Å². The molecule has 9 heteroatoms. The Balaban J connectivity index is 1.41. The largest absolute Gasteiger partial charge is 0.441 e. The molecule has 0 aliphatic carbocycles. The number of carbonyl (C=O) groups is 3. The molecule has 2 aromatic rings. The van der Waals surface area contributed by atoms with Gasteiger partial charge >= 0.3 is 0 Å². The standard InChI is InChI=1S/C21H21N3O5S/c1-14-3-2-4-15(11-14)22-18(25)13-24-20(26)17(30-21(24)27)12-16-5-6-19(29-16)23-7-9-28-10-8-23/h2-6,11-12H,7-10,13H2,1H3,(H,22,25)/b17-12-. The number of rotatable bonds is 5. The molecular weight excluding hydrogens is 406 g/mol. The van der Waals surface area contributed by atoms with E-state index in [1.165, 1.54) is 6.08 Å². The van der Waals surface area contributed by atoms with Crippen molar-refractivity contribution in [3.63, 3.8) is 0 Å². The first-order chi connectivity index (χ1) is 14.5. The molecule has 2 fully saturated rings. The summed E-state index contributed by atoms with van der Waals surface area (Å²) >= 11 is 0.797. The van der Waals surface area contributed by atoms with Crippen molar-refractivity contribution in [1.29, 1.82) is 0 Å². The van der Waals surface area contributed by atoms with E-state index in [9.17, 15) is 14.4 Å². The SMILES string of the molecule is Cc1cccc(NC(=O)CN2C(=O)S/C(=C\c3ccc(N4CCOCC4)o3)C2=O)c1. The number of benzene rings is 1. The topological polar surface area (TPSA) is 92.1 Å². The fraction of sp³-hybridized carbons (Fsp3) is 0.286. The van der Waals surface area contributed by atoms with E-state index in [0.717, 1.165) is 35.3 Å². The average molecular weight is 427 g/mol. The predicted molar refractivity (Wildman–Crippen MR) is 114 cm³/mol. The van der Waals surface area contributed by atoms with E-state index in [2.05, 4.69) is 10.2 Å². The molecule has 2 aliphatic heterocycles. The number of hydrogen-bond donors (Lipinski definition) is 1. The zero-order valence-corrected chi connectivity index (χ0v) is 17.2. The van der Waals surface area contributed by atoms with E-state index >= 15 is 0 Å². The Morgan fingerprint density at radius 1 is 1.20 bits per heavy atom. The third kappa shape index (κ3) is 4.58. The molecule has 0 saturated carbocycles. The van der Waals surface area contributed by atoms with Gasteiger partial charge in [-0.1, -0.05) is 12.1 Å². The van der Waals surface area contributed by atoms with Crippen molar-refractivity contribution >= 4 is 46.5 Å². The molecule has 156 valence electrons. The molecule has 3 heterocycles. The highest BCUT2D eigenvalue weighted by Gasteiger charge is 2.36. The third-order valence-electron chi connectivity index (χ3n) is 4.69. The van der Waals surface area contributed by atoms with Gasteiger partial charge in [-0.3, -0.25) is 19.3 Å². The lowest BCUT2D eigenvalue weighted by Crippen LogP contribution is -2.36. The van der Waals surface area contributed by atoms with E-state index in [4.69, 9.17) is 9.15 Å². The van der Waals surface area contributed by atoms with E-state index in [0.29, 0.717) is 30.5 Å². The van der Waals surface area contributed by atoms with Crippen molar-refractivity contribution < 1.29 is 23.5 Å². The van der Waals surface area contributed by atoms with Crippen LogP contribution in [0.15, 0.2) is 45.7 Å². The van der Waals surface area contributed by atoms with Gasteiger partial charge in [0.2, 0.25) is 5.91 Å². The predicted octanol–water partition coefficient (Wildman–Crippen LogP) is 3.10. The number of nitrogens with one attached hydrogen (secondary N) is 1. The minimum absolute atomic E-state index is 0.228. The van der Waals surface area contributed by atoms with Crippen LogP contribution in [0.1, 0.15) is 11.3 Å². The summed E-state index contributed by atoms with van der Waals surface area (Å²) in [7, 11) is 0. The lowest BCUT2D eigenvalue weighted by Gasteiger charge is -2.26.